The summed E-state index contributed by atoms with van der Waals surface area (Å²) in [5.74, 6) is -1.44. The van der Waals surface area contributed by atoms with Crippen LogP contribution in [0.15, 0.2) is 0 Å². The number of carbonyl (C=O) groups excluding carboxylic acids is 2. The Bertz CT molecular complexity index is 357. The van der Waals surface area contributed by atoms with E-state index in [1.54, 1.807) is 6.92 Å². The molecule has 3 amide bonds. The van der Waals surface area contributed by atoms with Crippen LogP contribution in [0.3, 0.4) is 0 Å². The fourth-order valence-corrected chi connectivity index (χ4v) is 1.25. The molecule has 0 bridgehead atoms. The number of carboxylic acids is 1. The maximum atomic E-state index is 11.7. The van der Waals surface area contributed by atoms with Crippen LogP contribution in [0.25, 0.3) is 0 Å². The Kier molecular flexibility index (Phi) is 6.31. The highest BCUT2D eigenvalue weighted by Crippen LogP contribution is 2.08. The maximum absolute atomic E-state index is 11.7. The molecule has 0 saturated carbocycles. The van der Waals surface area contributed by atoms with E-state index in [1.165, 1.54) is 13.8 Å². The van der Waals surface area contributed by atoms with Crippen LogP contribution in [0.4, 0.5) is 4.79 Å². The lowest BCUT2D eigenvalue weighted by molar-refractivity contribution is -0.143. The molecule has 0 saturated heterocycles. The molecule has 0 aliphatic rings. The first-order valence-electron chi connectivity index (χ1n) is 6.24. The molecular weight excluding hydrogens is 250 g/mol. The van der Waals surface area contributed by atoms with Gasteiger partial charge < -0.3 is 21.1 Å². The van der Waals surface area contributed by atoms with E-state index in [0.717, 1.165) is 0 Å². The van der Waals surface area contributed by atoms with E-state index >= 15 is 0 Å². The van der Waals surface area contributed by atoms with E-state index in [0.29, 0.717) is 0 Å². The first-order chi connectivity index (χ1) is 8.62. The molecule has 4 N–H and O–H groups in total. The number of hydrogen-bond donors (Lipinski definition) is 4. The van der Waals surface area contributed by atoms with Crippen molar-refractivity contribution in [3.63, 3.8) is 0 Å². The lowest BCUT2D eigenvalue weighted by atomic mass is 10.00. The van der Waals surface area contributed by atoms with Crippen LogP contribution in [0.5, 0.6) is 0 Å². The van der Waals surface area contributed by atoms with E-state index < -0.39 is 23.6 Å². The van der Waals surface area contributed by atoms with Crippen molar-refractivity contribution in [3.8, 4) is 0 Å². The largest absolute Gasteiger partial charge is 0.480 e. The minimum atomic E-state index is -1.35. The summed E-state index contributed by atoms with van der Waals surface area (Å²) in [5, 5.41) is 16.4. The van der Waals surface area contributed by atoms with E-state index in [4.69, 9.17) is 5.11 Å². The van der Waals surface area contributed by atoms with Crippen LogP contribution < -0.4 is 16.0 Å². The van der Waals surface area contributed by atoms with Gasteiger partial charge in [-0.2, -0.15) is 0 Å². The average molecular weight is 273 g/mol. The van der Waals surface area contributed by atoms with Crippen LogP contribution in [0, 0.1) is 0 Å². The van der Waals surface area contributed by atoms with Gasteiger partial charge >= 0.3 is 12.0 Å². The summed E-state index contributed by atoms with van der Waals surface area (Å²) in [6.07, 6.45) is 0.238. The number of carboxylic acid groups (broad SMARTS) is 1. The van der Waals surface area contributed by atoms with Gasteiger partial charge in [0.05, 0.1) is 0 Å². The Morgan fingerprint density at radius 1 is 1.16 bits per heavy atom. The molecule has 110 valence electrons. The van der Waals surface area contributed by atoms with E-state index in [2.05, 4.69) is 16.0 Å². The normalized spacial score (nSPS) is 15.3. The fraction of sp³-hybridized carbons (Fsp3) is 0.750. The number of urea groups is 1. The quantitative estimate of drug-likeness (QED) is 0.563. The van der Waals surface area contributed by atoms with Gasteiger partial charge in [-0.3, -0.25) is 4.79 Å². The smallest absolute Gasteiger partial charge is 0.329 e. The molecule has 0 rings (SSSR count). The topological polar surface area (TPSA) is 108 Å². The molecule has 0 aromatic carbocycles. The van der Waals surface area contributed by atoms with Crippen molar-refractivity contribution in [1.82, 2.24) is 16.0 Å². The van der Waals surface area contributed by atoms with Gasteiger partial charge in [0.25, 0.3) is 0 Å². The first-order valence-corrected chi connectivity index (χ1v) is 6.24. The average Bonchev–Trinajstić information content (AvgIpc) is 2.27. The van der Waals surface area contributed by atoms with Crippen molar-refractivity contribution in [1.29, 1.82) is 0 Å². The Morgan fingerprint density at radius 3 is 2.05 bits per heavy atom. The van der Waals surface area contributed by atoms with Gasteiger partial charge in [0.1, 0.15) is 11.6 Å². The highest BCUT2D eigenvalue weighted by atomic mass is 16.4. The third-order valence-corrected chi connectivity index (χ3v) is 2.74. The standard InChI is InChI=1S/C12H23N3O4/c1-6-12(5,10(17)18)15-11(19)14-8(4)9(16)13-7(2)3/h7-8H,6H2,1-5H3,(H,13,16)(H,17,18)(H2,14,15,19). The number of aliphatic carboxylic acids is 1. The zero-order valence-electron chi connectivity index (χ0n) is 12.0. The molecule has 2 atom stereocenters. The maximum Gasteiger partial charge on any atom is 0.329 e. The highest BCUT2D eigenvalue weighted by molar-refractivity contribution is 5.89. The molecule has 7 nitrogen and oxygen atoms in total. The van der Waals surface area contributed by atoms with Crippen molar-refractivity contribution < 1.29 is 19.5 Å². The van der Waals surface area contributed by atoms with Gasteiger partial charge in [-0.05, 0) is 34.1 Å². The monoisotopic (exact) mass is 273 g/mol. The number of hydrogen-bond acceptors (Lipinski definition) is 3. The Hall–Kier alpha value is -1.79. The van der Waals surface area contributed by atoms with Crippen LogP contribution in [0.1, 0.15) is 41.0 Å². The molecule has 2 unspecified atom stereocenters. The van der Waals surface area contributed by atoms with Gasteiger partial charge in [-0.1, -0.05) is 6.92 Å². The summed E-state index contributed by atoms with van der Waals surface area (Å²) < 4.78 is 0. The Balaban J connectivity index is 4.46. The molecular formula is C12H23N3O4. The predicted octanol–water partition coefficient (Wildman–Crippen LogP) is 0.452. The van der Waals surface area contributed by atoms with Crippen molar-refractivity contribution in [2.75, 3.05) is 0 Å². The van der Waals surface area contributed by atoms with Crippen molar-refractivity contribution in [2.45, 2.75) is 58.7 Å². The van der Waals surface area contributed by atoms with Crippen LogP contribution in [-0.2, 0) is 9.59 Å². The fourth-order valence-electron chi connectivity index (χ4n) is 1.25. The van der Waals surface area contributed by atoms with Gasteiger partial charge in [0, 0.05) is 6.04 Å². The second-order valence-corrected chi connectivity index (χ2v) is 4.97. The van der Waals surface area contributed by atoms with Crippen LogP contribution in [-0.4, -0.2) is 40.6 Å². The zero-order chi connectivity index (χ0) is 15.2. The molecule has 0 aliphatic heterocycles. The van der Waals surface area contributed by atoms with E-state index in [9.17, 15) is 14.4 Å². The summed E-state index contributed by atoms with van der Waals surface area (Å²) in [6, 6.07) is -1.45. The molecule has 0 radical (unpaired) electrons. The van der Waals surface area contributed by atoms with Gasteiger partial charge in [-0.25, -0.2) is 9.59 Å². The number of amides is 3. The first kappa shape index (κ1) is 17.2. The summed E-state index contributed by atoms with van der Waals surface area (Å²) in [7, 11) is 0. The van der Waals surface area contributed by atoms with Crippen LogP contribution >= 0.6 is 0 Å². The van der Waals surface area contributed by atoms with Gasteiger partial charge in [0.15, 0.2) is 0 Å². The Labute approximate surface area is 113 Å². The summed E-state index contributed by atoms with van der Waals surface area (Å²) >= 11 is 0. The van der Waals surface area contributed by atoms with Crippen molar-refractivity contribution in [3.05, 3.63) is 0 Å². The van der Waals surface area contributed by atoms with Gasteiger partial charge in [-0.15, -0.1) is 0 Å². The lowest BCUT2D eigenvalue weighted by Gasteiger charge is -2.26. The SMILES string of the molecule is CCC(C)(NC(=O)NC(C)C(=O)NC(C)C)C(=O)O. The van der Waals surface area contributed by atoms with Gasteiger partial charge in [0.2, 0.25) is 5.91 Å². The summed E-state index contributed by atoms with van der Waals surface area (Å²) in [5.41, 5.74) is -1.35. The molecule has 0 aliphatic carbocycles. The third kappa shape index (κ3) is 5.58. The lowest BCUT2D eigenvalue weighted by Crippen LogP contribution is -2.58. The Morgan fingerprint density at radius 2 is 1.68 bits per heavy atom. The number of carbonyl (C=O) groups is 3. The number of nitrogens with one attached hydrogen (secondary N) is 3. The minimum Gasteiger partial charge on any atom is -0.480 e. The molecule has 0 heterocycles. The van der Waals surface area contributed by atoms with Crippen molar-refractivity contribution >= 4 is 17.9 Å². The highest BCUT2D eigenvalue weighted by Gasteiger charge is 2.33. The predicted molar refractivity (Wildman–Crippen MR) is 70.7 cm³/mol. The third-order valence-electron chi connectivity index (χ3n) is 2.74. The summed E-state index contributed by atoms with van der Waals surface area (Å²) in [6.45, 7) is 8.21. The molecule has 19 heavy (non-hydrogen) atoms. The number of rotatable bonds is 6. The molecule has 0 aromatic rings. The van der Waals surface area contributed by atoms with E-state index in [1.807, 2.05) is 13.8 Å². The second kappa shape index (κ2) is 6.96. The second-order valence-electron chi connectivity index (χ2n) is 4.97. The van der Waals surface area contributed by atoms with E-state index in [-0.39, 0.29) is 18.4 Å². The minimum absolute atomic E-state index is 0.0280. The van der Waals surface area contributed by atoms with Crippen LogP contribution in [0.2, 0.25) is 0 Å². The zero-order valence-corrected chi connectivity index (χ0v) is 12.0. The molecule has 0 spiro atoms. The van der Waals surface area contributed by atoms with Crippen molar-refractivity contribution in [2.24, 2.45) is 0 Å². The molecule has 0 aromatic heterocycles. The molecule has 0 fully saturated rings. The summed E-state index contributed by atoms with van der Waals surface area (Å²) in [4.78, 5) is 34.3. The molecule has 7 heteroatoms.